The minimum atomic E-state index is -0.973. The minimum Gasteiger partial charge on any atom is -0.480 e. The summed E-state index contributed by atoms with van der Waals surface area (Å²) in [5.74, 6) is -1.21. The summed E-state index contributed by atoms with van der Waals surface area (Å²) in [6.07, 6.45) is 2.27. The lowest BCUT2D eigenvalue weighted by molar-refractivity contribution is -0.140. The first-order chi connectivity index (χ1) is 8.90. The molecule has 2 N–H and O–H groups in total. The van der Waals surface area contributed by atoms with Crippen LogP contribution in [0, 0.1) is 5.92 Å². The van der Waals surface area contributed by atoms with Crippen LogP contribution in [0.15, 0.2) is 0 Å². The molecule has 2 rings (SSSR count). The number of rotatable bonds is 6. The van der Waals surface area contributed by atoms with Crippen LogP contribution in [0.25, 0.3) is 0 Å². The lowest BCUT2D eigenvalue weighted by atomic mass is 10.0. The maximum atomic E-state index is 12.1. The maximum absolute atomic E-state index is 12.1. The first kappa shape index (κ1) is 14.0. The largest absolute Gasteiger partial charge is 0.480 e. The molecule has 2 amide bonds. The SMILES string of the molecule is CC(C)CC(NC1CC(=O)N(C2CC2)C1=O)C(=O)O. The van der Waals surface area contributed by atoms with Crippen molar-refractivity contribution in [2.24, 2.45) is 5.92 Å². The number of nitrogens with zero attached hydrogens (tertiary/aromatic N) is 1. The van der Waals surface area contributed by atoms with Gasteiger partial charge in [-0.3, -0.25) is 24.6 Å². The zero-order chi connectivity index (χ0) is 14.2. The summed E-state index contributed by atoms with van der Waals surface area (Å²) >= 11 is 0. The van der Waals surface area contributed by atoms with Crippen LogP contribution in [0.1, 0.15) is 39.5 Å². The van der Waals surface area contributed by atoms with E-state index >= 15 is 0 Å². The van der Waals surface area contributed by atoms with Crippen LogP contribution in [-0.4, -0.2) is 45.9 Å². The third-order valence-electron chi connectivity index (χ3n) is 3.50. The second-order valence-electron chi connectivity index (χ2n) is 5.78. The van der Waals surface area contributed by atoms with Crippen molar-refractivity contribution in [3.05, 3.63) is 0 Å². The topological polar surface area (TPSA) is 86.7 Å². The second kappa shape index (κ2) is 5.28. The fraction of sp³-hybridized carbons (Fsp3) is 0.769. The standard InChI is InChI=1S/C13H20N2O4/c1-7(2)5-10(13(18)19)14-9-6-11(16)15(12(9)17)8-3-4-8/h7-10,14H,3-6H2,1-2H3,(H,18,19). The number of nitrogens with one attached hydrogen (secondary N) is 1. The Labute approximate surface area is 112 Å². The summed E-state index contributed by atoms with van der Waals surface area (Å²) in [6, 6.07) is -1.39. The number of likely N-dealkylation sites (tertiary alicyclic amines) is 1. The summed E-state index contributed by atoms with van der Waals surface area (Å²) in [5, 5.41) is 12.0. The summed E-state index contributed by atoms with van der Waals surface area (Å²) < 4.78 is 0. The van der Waals surface area contributed by atoms with Gasteiger partial charge in [0.05, 0.1) is 12.5 Å². The van der Waals surface area contributed by atoms with Gasteiger partial charge < -0.3 is 5.11 Å². The number of hydrogen-bond acceptors (Lipinski definition) is 4. The first-order valence-corrected chi connectivity index (χ1v) is 6.75. The molecule has 1 aliphatic carbocycles. The van der Waals surface area contributed by atoms with Crippen LogP contribution in [0.2, 0.25) is 0 Å². The molecule has 0 spiro atoms. The molecule has 0 radical (unpaired) electrons. The smallest absolute Gasteiger partial charge is 0.320 e. The molecule has 6 nitrogen and oxygen atoms in total. The molecule has 1 saturated carbocycles. The minimum absolute atomic E-state index is 0.0557. The molecule has 2 aliphatic rings. The van der Waals surface area contributed by atoms with E-state index in [2.05, 4.69) is 5.32 Å². The van der Waals surface area contributed by atoms with Crippen LogP contribution in [-0.2, 0) is 14.4 Å². The van der Waals surface area contributed by atoms with E-state index in [1.165, 1.54) is 4.90 Å². The Balaban J connectivity index is 1.99. The number of carboxylic acid groups (broad SMARTS) is 1. The van der Waals surface area contributed by atoms with Crippen molar-refractivity contribution in [1.82, 2.24) is 10.2 Å². The molecule has 0 aromatic carbocycles. The molecule has 2 atom stereocenters. The van der Waals surface area contributed by atoms with Gasteiger partial charge in [-0.25, -0.2) is 0 Å². The predicted molar refractivity (Wildman–Crippen MR) is 67.3 cm³/mol. The highest BCUT2D eigenvalue weighted by Crippen LogP contribution is 2.31. The zero-order valence-electron chi connectivity index (χ0n) is 11.3. The molecule has 106 valence electrons. The molecule has 1 heterocycles. The average molecular weight is 268 g/mol. The Morgan fingerprint density at radius 2 is 2.05 bits per heavy atom. The van der Waals surface area contributed by atoms with Crippen LogP contribution < -0.4 is 5.32 Å². The molecule has 1 saturated heterocycles. The predicted octanol–water partition coefficient (Wildman–Crippen LogP) is 0.365. The third kappa shape index (κ3) is 3.12. The number of imide groups is 1. The van der Waals surface area contributed by atoms with Crippen molar-refractivity contribution in [1.29, 1.82) is 0 Å². The molecular formula is C13H20N2O4. The summed E-state index contributed by atoms with van der Waals surface area (Å²) in [5.41, 5.74) is 0. The monoisotopic (exact) mass is 268 g/mol. The lowest BCUT2D eigenvalue weighted by Crippen LogP contribution is -2.48. The van der Waals surface area contributed by atoms with Gasteiger partial charge in [-0.1, -0.05) is 13.8 Å². The highest BCUT2D eigenvalue weighted by molar-refractivity contribution is 6.06. The quantitative estimate of drug-likeness (QED) is 0.679. The molecule has 6 heteroatoms. The van der Waals surface area contributed by atoms with E-state index in [1.807, 2.05) is 13.8 Å². The van der Waals surface area contributed by atoms with Crippen LogP contribution >= 0.6 is 0 Å². The second-order valence-corrected chi connectivity index (χ2v) is 5.78. The fourth-order valence-corrected chi connectivity index (χ4v) is 2.45. The number of carbonyl (C=O) groups excluding carboxylic acids is 2. The van der Waals surface area contributed by atoms with Crippen LogP contribution in [0.3, 0.4) is 0 Å². The van der Waals surface area contributed by atoms with E-state index in [4.69, 9.17) is 5.11 Å². The van der Waals surface area contributed by atoms with Crippen molar-refractivity contribution < 1.29 is 19.5 Å². The molecule has 2 fully saturated rings. The molecular weight excluding hydrogens is 248 g/mol. The van der Waals surface area contributed by atoms with E-state index in [0.29, 0.717) is 6.42 Å². The maximum Gasteiger partial charge on any atom is 0.320 e. The number of carbonyl (C=O) groups is 3. The van der Waals surface area contributed by atoms with Gasteiger partial charge in [0, 0.05) is 6.04 Å². The molecule has 0 aromatic heterocycles. The highest BCUT2D eigenvalue weighted by Gasteiger charge is 2.46. The van der Waals surface area contributed by atoms with E-state index in [1.54, 1.807) is 0 Å². The van der Waals surface area contributed by atoms with Crippen molar-refractivity contribution in [2.45, 2.75) is 57.7 Å². The summed E-state index contributed by atoms with van der Waals surface area (Å²) in [7, 11) is 0. The Hall–Kier alpha value is -1.43. The lowest BCUT2D eigenvalue weighted by Gasteiger charge is -2.20. The normalized spacial score (nSPS) is 25.2. The molecule has 2 unspecified atom stereocenters. The van der Waals surface area contributed by atoms with Gasteiger partial charge in [0.2, 0.25) is 11.8 Å². The number of hydrogen-bond donors (Lipinski definition) is 2. The number of amides is 2. The van der Waals surface area contributed by atoms with Crippen molar-refractivity contribution in [3.63, 3.8) is 0 Å². The zero-order valence-corrected chi connectivity index (χ0v) is 11.3. The Kier molecular flexibility index (Phi) is 3.89. The van der Waals surface area contributed by atoms with Crippen molar-refractivity contribution in [2.75, 3.05) is 0 Å². The summed E-state index contributed by atoms with van der Waals surface area (Å²) in [4.78, 5) is 36.3. The highest BCUT2D eigenvalue weighted by atomic mass is 16.4. The first-order valence-electron chi connectivity index (χ1n) is 6.75. The van der Waals surface area contributed by atoms with Crippen LogP contribution in [0.4, 0.5) is 0 Å². The average Bonchev–Trinajstić information content (AvgIpc) is 3.06. The van der Waals surface area contributed by atoms with E-state index in [-0.39, 0.29) is 30.2 Å². The van der Waals surface area contributed by atoms with E-state index in [0.717, 1.165) is 12.8 Å². The molecule has 0 aromatic rings. The molecule has 1 aliphatic heterocycles. The van der Waals surface area contributed by atoms with Gasteiger partial charge in [0.1, 0.15) is 6.04 Å². The number of carboxylic acids is 1. The number of aliphatic carboxylic acids is 1. The van der Waals surface area contributed by atoms with E-state index < -0.39 is 18.1 Å². The fourth-order valence-electron chi connectivity index (χ4n) is 2.45. The van der Waals surface area contributed by atoms with Gasteiger partial charge >= 0.3 is 5.97 Å². The third-order valence-corrected chi connectivity index (χ3v) is 3.50. The van der Waals surface area contributed by atoms with Gasteiger partial charge in [0.15, 0.2) is 0 Å². The van der Waals surface area contributed by atoms with Crippen LogP contribution in [0.5, 0.6) is 0 Å². The van der Waals surface area contributed by atoms with Gasteiger partial charge in [-0.2, -0.15) is 0 Å². The molecule has 19 heavy (non-hydrogen) atoms. The van der Waals surface area contributed by atoms with E-state index in [9.17, 15) is 14.4 Å². The van der Waals surface area contributed by atoms with Crippen molar-refractivity contribution in [3.8, 4) is 0 Å². The van der Waals surface area contributed by atoms with Gasteiger partial charge in [0.25, 0.3) is 0 Å². The van der Waals surface area contributed by atoms with Gasteiger partial charge in [-0.05, 0) is 25.2 Å². The Morgan fingerprint density at radius 3 is 2.53 bits per heavy atom. The Bertz CT molecular complexity index is 403. The summed E-state index contributed by atoms with van der Waals surface area (Å²) in [6.45, 7) is 3.85. The van der Waals surface area contributed by atoms with Gasteiger partial charge in [-0.15, -0.1) is 0 Å². The molecule has 0 bridgehead atoms. The van der Waals surface area contributed by atoms with Crippen molar-refractivity contribution >= 4 is 17.8 Å². The Morgan fingerprint density at radius 1 is 1.42 bits per heavy atom.